The molecule has 0 saturated carbocycles. The normalized spacial score (nSPS) is 13.5. The summed E-state index contributed by atoms with van der Waals surface area (Å²) in [6.45, 7) is 0. The molecule has 0 aliphatic heterocycles. The van der Waals surface area contributed by atoms with E-state index >= 15 is 0 Å². The molecular formula is C27H22N4O2. The molecule has 6 heteroatoms. The molecule has 4 aromatic carbocycles. The number of aliphatic hydroxyl groups is 1. The molecule has 0 amide bonds. The molecule has 2 unspecified atom stereocenters. The zero-order valence-electron chi connectivity index (χ0n) is 18.0. The summed E-state index contributed by atoms with van der Waals surface area (Å²) in [6, 6.07) is 31.9. The highest BCUT2D eigenvalue weighted by molar-refractivity contribution is 6.08. The van der Waals surface area contributed by atoms with Gasteiger partial charge in [0.05, 0.1) is 23.7 Å². The van der Waals surface area contributed by atoms with E-state index in [1.54, 1.807) is 7.11 Å². The van der Waals surface area contributed by atoms with Crippen LogP contribution in [0.1, 0.15) is 17.8 Å². The zero-order valence-corrected chi connectivity index (χ0v) is 18.0. The van der Waals surface area contributed by atoms with E-state index in [2.05, 4.69) is 39.1 Å². The van der Waals surface area contributed by atoms with E-state index in [0.29, 0.717) is 0 Å². The molecular weight excluding hydrogens is 412 g/mol. The third-order valence-electron chi connectivity index (χ3n) is 6.25. The Kier molecular flexibility index (Phi) is 4.59. The Hall–Kier alpha value is -4.16. The predicted octanol–water partition coefficient (Wildman–Crippen LogP) is 5.33. The fraction of sp³-hybridized carbons (Fsp3) is 0.111. The van der Waals surface area contributed by atoms with E-state index in [1.165, 1.54) is 0 Å². The van der Waals surface area contributed by atoms with Crippen LogP contribution in [0.3, 0.4) is 0 Å². The SMILES string of the molecule is COc1ccc(C(O)C(n2nnc3ccccc32)n2c3ccccc3c3ccccc32)cc1. The molecule has 0 radical (unpaired) electrons. The van der Waals surface area contributed by atoms with Crippen molar-refractivity contribution in [3.05, 3.63) is 103 Å². The van der Waals surface area contributed by atoms with E-state index in [0.717, 1.165) is 44.2 Å². The highest BCUT2D eigenvalue weighted by atomic mass is 16.5. The van der Waals surface area contributed by atoms with Gasteiger partial charge in [-0.3, -0.25) is 0 Å². The Bertz CT molecular complexity index is 1530. The van der Waals surface area contributed by atoms with E-state index in [9.17, 15) is 5.11 Å². The molecule has 1 N–H and O–H groups in total. The Morgan fingerprint density at radius 1 is 0.727 bits per heavy atom. The first-order chi connectivity index (χ1) is 16.3. The van der Waals surface area contributed by atoms with Gasteiger partial charge >= 0.3 is 0 Å². The average molecular weight is 434 g/mol. The first-order valence-electron chi connectivity index (χ1n) is 10.9. The average Bonchev–Trinajstić information content (AvgIpc) is 3.45. The quantitative estimate of drug-likeness (QED) is 0.398. The molecule has 2 aromatic heterocycles. The summed E-state index contributed by atoms with van der Waals surface area (Å²) in [4.78, 5) is 0. The fourth-order valence-corrected chi connectivity index (χ4v) is 4.68. The highest BCUT2D eigenvalue weighted by Crippen LogP contribution is 2.38. The van der Waals surface area contributed by atoms with Crippen molar-refractivity contribution in [2.24, 2.45) is 0 Å². The second kappa shape index (κ2) is 7.76. The van der Waals surface area contributed by atoms with Crippen LogP contribution in [0.5, 0.6) is 5.75 Å². The van der Waals surface area contributed by atoms with Gasteiger partial charge in [0.25, 0.3) is 0 Å². The third-order valence-corrected chi connectivity index (χ3v) is 6.25. The summed E-state index contributed by atoms with van der Waals surface area (Å²) in [6.07, 6.45) is -1.45. The Balaban J connectivity index is 1.66. The van der Waals surface area contributed by atoms with Crippen molar-refractivity contribution in [1.29, 1.82) is 0 Å². The summed E-state index contributed by atoms with van der Waals surface area (Å²) >= 11 is 0. The predicted molar refractivity (Wildman–Crippen MR) is 129 cm³/mol. The largest absolute Gasteiger partial charge is 0.497 e. The van der Waals surface area contributed by atoms with Crippen LogP contribution >= 0.6 is 0 Å². The van der Waals surface area contributed by atoms with Crippen molar-refractivity contribution in [2.45, 2.75) is 12.3 Å². The second-order valence-electron chi connectivity index (χ2n) is 8.06. The molecule has 6 nitrogen and oxygen atoms in total. The molecule has 0 bridgehead atoms. The third kappa shape index (κ3) is 3.07. The van der Waals surface area contributed by atoms with Crippen molar-refractivity contribution in [3.8, 4) is 5.75 Å². The number of nitrogens with zero attached hydrogens (tertiary/aromatic N) is 4. The van der Waals surface area contributed by atoms with Crippen LogP contribution < -0.4 is 4.74 Å². The summed E-state index contributed by atoms with van der Waals surface area (Å²) in [5, 5.41) is 23.0. The van der Waals surface area contributed by atoms with Gasteiger partial charge in [-0.05, 0) is 42.0 Å². The van der Waals surface area contributed by atoms with Gasteiger partial charge < -0.3 is 14.4 Å². The molecule has 0 aliphatic rings. The molecule has 33 heavy (non-hydrogen) atoms. The van der Waals surface area contributed by atoms with Crippen LogP contribution in [0.2, 0.25) is 0 Å². The van der Waals surface area contributed by atoms with Gasteiger partial charge in [0, 0.05) is 10.8 Å². The molecule has 162 valence electrons. The fourth-order valence-electron chi connectivity index (χ4n) is 4.68. The van der Waals surface area contributed by atoms with E-state index in [-0.39, 0.29) is 0 Å². The van der Waals surface area contributed by atoms with Crippen molar-refractivity contribution in [1.82, 2.24) is 19.6 Å². The summed E-state index contributed by atoms with van der Waals surface area (Å²) in [7, 11) is 1.63. The number of aliphatic hydroxyl groups excluding tert-OH is 1. The summed E-state index contributed by atoms with van der Waals surface area (Å²) < 4.78 is 9.30. The van der Waals surface area contributed by atoms with Crippen LogP contribution in [0.4, 0.5) is 0 Å². The van der Waals surface area contributed by atoms with Crippen LogP contribution in [0, 0.1) is 0 Å². The molecule has 2 atom stereocenters. The van der Waals surface area contributed by atoms with E-state index in [1.807, 2.05) is 77.5 Å². The Labute approximate surface area is 190 Å². The van der Waals surface area contributed by atoms with Crippen molar-refractivity contribution in [2.75, 3.05) is 7.11 Å². The molecule has 2 heterocycles. The van der Waals surface area contributed by atoms with Gasteiger partial charge in [0.1, 0.15) is 17.4 Å². The summed E-state index contributed by atoms with van der Waals surface area (Å²) in [5.74, 6) is 0.741. The smallest absolute Gasteiger partial charge is 0.160 e. The number of rotatable bonds is 5. The zero-order chi connectivity index (χ0) is 22.4. The number of fused-ring (bicyclic) bond motifs is 4. The van der Waals surface area contributed by atoms with Crippen LogP contribution in [0.25, 0.3) is 32.8 Å². The number of benzene rings is 4. The van der Waals surface area contributed by atoms with Crippen LogP contribution in [-0.4, -0.2) is 31.8 Å². The maximum atomic E-state index is 11.8. The maximum absolute atomic E-state index is 11.8. The standard InChI is InChI=1S/C27H22N4O2/c1-33-19-16-14-18(15-17-19)26(32)27(31-25-13-7-4-10-22(25)28-29-31)30-23-11-5-2-8-20(23)21-9-3-6-12-24(21)30/h2-17,26-27,32H,1H3. The topological polar surface area (TPSA) is 65.1 Å². The number of aromatic nitrogens is 4. The lowest BCUT2D eigenvalue weighted by Gasteiger charge is -2.27. The Morgan fingerprint density at radius 2 is 1.30 bits per heavy atom. The first-order valence-corrected chi connectivity index (χ1v) is 10.9. The molecule has 0 aliphatic carbocycles. The van der Waals surface area contributed by atoms with E-state index in [4.69, 9.17) is 4.74 Å². The number of hydrogen-bond donors (Lipinski definition) is 1. The van der Waals surface area contributed by atoms with Crippen LogP contribution in [-0.2, 0) is 0 Å². The number of hydrogen-bond acceptors (Lipinski definition) is 4. The van der Waals surface area contributed by atoms with Gasteiger partial charge in [-0.1, -0.05) is 65.9 Å². The molecule has 0 saturated heterocycles. The van der Waals surface area contributed by atoms with Gasteiger partial charge in [-0.15, -0.1) is 5.10 Å². The number of methoxy groups -OCH3 is 1. The van der Waals surface area contributed by atoms with Crippen molar-refractivity contribution in [3.63, 3.8) is 0 Å². The van der Waals surface area contributed by atoms with Gasteiger partial charge in [0.15, 0.2) is 6.17 Å². The minimum absolute atomic E-state index is 0.560. The lowest BCUT2D eigenvalue weighted by molar-refractivity contribution is 0.0956. The van der Waals surface area contributed by atoms with E-state index < -0.39 is 12.3 Å². The lowest BCUT2D eigenvalue weighted by atomic mass is 10.1. The van der Waals surface area contributed by atoms with Gasteiger partial charge in [0.2, 0.25) is 0 Å². The molecule has 6 rings (SSSR count). The molecule has 0 fully saturated rings. The molecule has 0 spiro atoms. The van der Waals surface area contributed by atoms with Gasteiger partial charge in [-0.25, -0.2) is 4.68 Å². The highest BCUT2D eigenvalue weighted by Gasteiger charge is 2.30. The second-order valence-corrected chi connectivity index (χ2v) is 8.06. The first kappa shape index (κ1) is 19.5. The minimum Gasteiger partial charge on any atom is -0.497 e. The van der Waals surface area contributed by atoms with Crippen molar-refractivity contribution < 1.29 is 9.84 Å². The minimum atomic E-state index is -0.889. The monoisotopic (exact) mass is 434 g/mol. The molecule has 6 aromatic rings. The maximum Gasteiger partial charge on any atom is 0.160 e. The Morgan fingerprint density at radius 3 is 1.94 bits per heavy atom. The van der Waals surface area contributed by atoms with Crippen LogP contribution in [0.15, 0.2) is 97.1 Å². The van der Waals surface area contributed by atoms with Crippen molar-refractivity contribution >= 4 is 32.8 Å². The summed E-state index contributed by atoms with van der Waals surface area (Å²) in [5.41, 5.74) is 4.45. The lowest BCUT2D eigenvalue weighted by Crippen LogP contribution is -2.26. The number of ether oxygens (including phenoxy) is 1. The van der Waals surface area contributed by atoms with Gasteiger partial charge in [-0.2, -0.15) is 0 Å². The number of para-hydroxylation sites is 3.